The molecule has 18 heavy (non-hydrogen) atoms. The molecule has 1 aromatic carbocycles. The molecule has 1 aliphatic heterocycles. The number of primary amides is 1. The Hall–Kier alpha value is -1.26. The monoisotopic (exact) mass is 267 g/mol. The Morgan fingerprint density at radius 3 is 2.83 bits per heavy atom. The van der Waals surface area contributed by atoms with E-state index in [2.05, 4.69) is 11.8 Å². The largest absolute Gasteiger partial charge is 0.368 e. The van der Waals surface area contributed by atoms with Gasteiger partial charge in [0.25, 0.3) is 5.91 Å². The lowest BCUT2D eigenvalue weighted by Crippen LogP contribution is -2.30. The van der Waals surface area contributed by atoms with Gasteiger partial charge in [0.2, 0.25) is 0 Å². The molecule has 0 aromatic heterocycles. The first-order chi connectivity index (χ1) is 8.52. The van der Waals surface area contributed by atoms with Crippen LogP contribution in [0, 0.1) is 5.92 Å². The average Bonchev–Trinajstić information content (AvgIpc) is 2.70. The van der Waals surface area contributed by atoms with Gasteiger partial charge in [-0.1, -0.05) is 11.6 Å². The molecule has 0 radical (unpaired) electrons. The Morgan fingerprint density at radius 1 is 1.56 bits per heavy atom. The fourth-order valence-corrected chi connectivity index (χ4v) is 2.77. The molecule has 1 saturated heterocycles. The van der Waals surface area contributed by atoms with E-state index in [-0.39, 0.29) is 0 Å². The van der Waals surface area contributed by atoms with E-state index in [0.29, 0.717) is 29.1 Å². The summed E-state index contributed by atoms with van der Waals surface area (Å²) in [6.45, 7) is 3.63. The summed E-state index contributed by atoms with van der Waals surface area (Å²) in [5.41, 5.74) is 12.5. The van der Waals surface area contributed by atoms with Gasteiger partial charge in [-0.05, 0) is 44.0 Å². The van der Waals surface area contributed by atoms with Gasteiger partial charge in [-0.15, -0.1) is 0 Å². The summed E-state index contributed by atoms with van der Waals surface area (Å²) in [6, 6.07) is 5.52. The van der Waals surface area contributed by atoms with Gasteiger partial charge >= 0.3 is 0 Å². The molecule has 2 unspecified atom stereocenters. The number of amides is 1. The van der Waals surface area contributed by atoms with Crippen LogP contribution in [0.3, 0.4) is 0 Å². The van der Waals surface area contributed by atoms with E-state index in [1.165, 1.54) is 0 Å². The van der Waals surface area contributed by atoms with Gasteiger partial charge in [0, 0.05) is 17.6 Å². The number of anilines is 1. The molecule has 0 saturated carbocycles. The molecule has 4 nitrogen and oxygen atoms in total. The second kappa shape index (κ2) is 5.16. The van der Waals surface area contributed by atoms with Crippen molar-refractivity contribution in [3.05, 3.63) is 28.8 Å². The van der Waals surface area contributed by atoms with Crippen LogP contribution in [0.25, 0.3) is 0 Å². The van der Waals surface area contributed by atoms with Crippen LogP contribution < -0.4 is 16.4 Å². The molecule has 1 aromatic rings. The maximum absolute atomic E-state index is 11.5. The fraction of sp³-hybridized carbons (Fsp3) is 0.462. The topological polar surface area (TPSA) is 72.3 Å². The van der Waals surface area contributed by atoms with Crippen LogP contribution >= 0.6 is 11.6 Å². The Labute approximate surface area is 112 Å². The molecular formula is C13H18ClN3O. The van der Waals surface area contributed by atoms with Gasteiger partial charge in [-0.25, -0.2) is 0 Å². The molecule has 1 amide bonds. The van der Waals surface area contributed by atoms with E-state index < -0.39 is 5.91 Å². The Morgan fingerprint density at radius 2 is 2.28 bits per heavy atom. The number of rotatable bonds is 3. The maximum atomic E-state index is 11.5. The summed E-state index contributed by atoms with van der Waals surface area (Å²) >= 11 is 6.01. The molecule has 5 heteroatoms. The van der Waals surface area contributed by atoms with Gasteiger partial charge in [0.05, 0.1) is 11.3 Å². The summed E-state index contributed by atoms with van der Waals surface area (Å²) in [7, 11) is 0. The van der Waals surface area contributed by atoms with Crippen molar-refractivity contribution in [2.45, 2.75) is 19.4 Å². The first-order valence-corrected chi connectivity index (χ1v) is 6.46. The quantitative estimate of drug-likeness (QED) is 0.874. The van der Waals surface area contributed by atoms with Crippen molar-refractivity contribution in [3.63, 3.8) is 0 Å². The third-order valence-corrected chi connectivity index (χ3v) is 3.76. The fourth-order valence-electron chi connectivity index (χ4n) is 2.60. The minimum absolute atomic E-state index is 0.343. The number of benzene rings is 1. The van der Waals surface area contributed by atoms with Crippen LogP contribution in [0.2, 0.25) is 5.02 Å². The van der Waals surface area contributed by atoms with E-state index in [1.807, 2.05) is 0 Å². The molecule has 1 heterocycles. The zero-order valence-corrected chi connectivity index (χ0v) is 11.2. The third kappa shape index (κ3) is 2.44. The van der Waals surface area contributed by atoms with Crippen LogP contribution in [0.1, 0.15) is 23.7 Å². The van der Waals surface area contributed by atoms with Crippen molar-refractivity contribution < 1.29 is 4.79 Å². The van der Waals surface area contributed by atoms with Gasteiger partial charge in [0.1, 0.15) is 0 Å². The minimum Gasteiger partial charge on any atom is -0.368 e. The van der Waals surface area contributed by atoms with Crippen molar-refractivity contribution in [2.24, 2.45) is 17.4 Å². The first kappa shape index (κ1) is 13.2. The summed E-state index contributed by atoms with van der Waals surface area (Å²) in [5, 5.41) is 0.610. The van der Waals surface area contributed by atoms with Crippen LogP contribution in [0.4, 0.5) is 5.69 Å². The molecular weight excluding hydrogens is 250 g/mol. The number of carbonyl (C=O) groups is 1. The van der Waals surface area contributed by atoms with Gasteiger partial charge < -0.3 is 16.4 Å². The van der Waals surface area contributed by atoms with Crippen LogP contribution in [-0.4, -0.2) is 25.0 Å². The van der Waals surface area contributed by atoms with E-state index in [0.717, 1.165) is 18.7 Å². The summed E-state index contributed by atoms with van der Waals surface area (Å²) in [6.07, 6.45) is 1.03. The Bertz CT molecular complexity index is 464. The van der Waals surface area contributed by atoms with Gasteiger partial charge in [0.15, 0.2) is 0 Å². The molecule has 2 atom stereocenters. The van der Waals surface area contributed by atoms with Crippen molar-refractivity contribution in [1.29, 1.82) is 0 Å². The van der Waals surface area contributed by atoms with Crippen LogP contribution in [0.5, 0.6) is 0 Å². The lowest BCUT2D eigenvalue weighted by Gasteiger charge is -2.26. The predicted molar refractivity (Wildman–Crippen MR) is 73.9 cm³/mol. The normalized spacial score (nSPS) is 23.4. The molecule has 1 fully saturated rings. The SMILES string of the molecule is CC1CC(CN)CN1c1cc(Cl)ccc1C(N)=O. The van der Waals surface area contributed by atoms with E-state index in [1.54, 1.807) is 18.2 Å². The summed E-state index contributed by atoms with van der Waals surface area (Å²) in [4.78, 5) is 13.6. The first-order valence-electron chi connectivity index (χ1n) is 6.09. The van der Waals surface area contributed by atoms with Crippen molar-refractivity contribution in [2.75, 3.05) is 18.0 Å². The maximum Gasteiger partial charge on any atom is 0.250 e. The standard InChI is InChI=1S/C13H18ClN3O/c1-8-4-9(6-15)7-17(8)12-5-10(14)2-3-11(12)13(16)18/h2-3,5,8-9H,4,6-7,15H2,1H3,(H2,16,18). The van der Waals surface area contributed by atoms with Crippen LogP contribution in [-0.2, 0) is 0 Å². The summed E-state index contributed by atoms with van der Waals surface area (Å²) in [5.74, 6) is 0.0322. The second-order valence-corrected chi connectivity index (χ2v) is 5.30. The molecule has 4 N–H and O–H groups in total. The van der Waals surface area contributed by atoms with E-state index >= 15 is 0 Å². The van der Waals surface area contributed by atoms with Crippen molar-refractivity contribution in [3.8, 4) is 0 Å². The molecule has 98 valence electrons. The third-order valence-electron chi connectivity index (χ3n) is 3.53. The van der Waals surface area contributed by atoms with Crippen molar-refractivity contribution >= 4 is 23.2 Å². The number of halogens is 1. The van der Waals surface area contributed by atoms with E-state index in [4.69, 9.17) is 23.1 Å². The van der Waals surface area contributed by atoms with Crippen LogP contribution in [0.15, 0.2) is 18.2 Å². The minimum atomic E-state index is -0.426. The number of nitrogens with zero attached hydrogens (tertiary/aromatic N) is 1. The molecule has 0 aliphatic carbocycles. The van der Waals surface area contributed by atoms with Crippen molar-refractivity contribution in [1.82, 2.24) is 0 Å². The smallest absolute Gasteiger partial charge is 0.250 e. The highest BCUT2D eigenvalue weighted by molar-refractivity contribution is 6.31. The lowest BCUT2D eigenvalue weighted by atomic mass is 10.1. The lowest BCUT2D eigenvalue weighted by molar-refractivity contribution is 0.100. The predicted octanol–water partition coefficient (Wildman–Crippen LogP) is 1.61. The zero-order chi connectivity index (χ0) is 13.3. The number of hydrogen-bond acceptors (Lipinski definition) is 3. The Kier molecular flexibility index (Phi) is 3.78. The Balaban J connectivity index is 2.38. The highest BCUT2D eigenvalue weighted by atomic mass is 35.5. The number of hydrogen-bond donors (Lipinski definition) is 2. The highest BCUT2D eigenvalue weighted by Gasteiger charge is 2.30. The highest BCUT2D eigenvalue weighted by Crippen LogP contribution is 2.32. The number of carbonyl (C=O) groups excluding carboxylic acids is 1. The van der Waals surface area contributed by atoms with Gasteiger partial charge in [-0.2, -0.15) is 0 Å². The zero-order valence-electron chi connectivity index (χ0n) is 10.4. The second-order valence-electron chi connectivity index (χ2n) is 4.86. The molecule has 0 bridgehead atoms. The molecule has 1 aliphatic rings. The average molecular weight is 268 g/mol. The molecule has 2 rings (SSSR count). The molecule has 0 spiro atoms. The summed E-state index contributed by atoms with van der Waals surface area (Å²) < 4.78 is 0. The number of nitrogens with two attached hydrogens (primary N) is 2. The van der Waals surface area contributed by atoms with E-state index in [9.17, 15) is 4.79 Å². The van der Waals surface area contributed by atoms with Gasteiger partial charge in [-0.3, -0.25) is 4.79 Å².